The molecule has 0 atom stereocenters. The van der Waals surface area contributed by atoms with Crippen LogP contribution in [0, 0.1) is 14.3 Å². The van der Waals surface area contributed by atoms with Crippen LogP contribution in [0.4, 0.5) is 0 Å². The molecule has 0 fully saturated rings. The summed E-state index contributed by atoms with van der Waals surface area (Å²) >= 11 is 10.6. The topological polar surface area (TPSA) is 0 Å². The first-order valence-electron chi connectivity index (χ1n) is 46.4. The van der Waals surface area contributed by atoms with Crippen molar-refractivity contribution in [2.24, 2.45) is 0 Å². The minimum absolute atomic E-state index is 1.11. The molecule has 0 spiro atoms. The van der Waals surface area contributed by atoms with Crippen molar-refractivity contribution < 1.29 is 0 Å². The average molecular weight is 1990 g/mol. The van der Waals surface area contributed by atoms with Crippen LogP contribution in [-0.4, -0.2) is 0 Å². The highest BCUT2D eigenvalue weighted by molar-refractivity contribution is 14.1. The van der Waals surface area contributed by atoms with E-state index in [4.69, 9.17) is 0 Å². The third-order valence-corrected chi connectivity index (χ3v) is 29.4. The first-order chi connectivity index (χ1) is 56.9. The van der Waals surface area contributed by atoms with Gasteiger partial charge in [-0.3, -0.25) is 0 Å². The Labute approximate surface area is 756 Å². The number of hydrogen-bond donors (Lipinski definition) is 0. The summed E-state index contributed by atoms with van der Waals surface area (Å²) in [6, 6.07) is 75.4. The quantitative estimate of drug-likeness (QED) is 0.0203. The Balaban J connectivity index is 1.07. The summed E-state index contributed by atoms with van der Waals surface area (Å²) < 4.78 is 5.72. The van der Waals surface area contributed by atoms with E-state index in [0.29, 0.717) is 0 Å². The van der Waals surface area contributed by atoms with E-state index in [0.717, 1.165) is 51.4 Å². The summed E-state index contributed by atoms with van der Waals surface area (Å²) in [4.78, 5) is 0. The van der Waals surface area contributed by atoms with Gasteiger partial charge in [0, 0.05) is 14.3 Å². The van der Waals surface area contributed by atoms with Gasteiger partial charge in [-0.1, -0.05) is 331 Å². The molecule has 0 aliphatic carbocycles. The molecule has 0 radical (unpaired) electrons. The van der Waals surface area contributed by atoms with Crippen molar-refractivity contribution in [3.8, 4) is 89.0 Å². The fourth-order valence-corrected chi connectivity index (χ4v) is 21.7. The summed E-state index contributed by atoms with van der Waals surface area (Å²) in [5, 5.41) is 7.95. The molecule has 0 unspecified atom stereocenters. The third kappa shape index (κ3) is 23.2. The molecule has 0 amide bonds. The smallest absolute Gasteiger partial charge is 0.0165 e. The standard InChI is InChI=1S/C112H134I4/c1-9-17-25-33-41-87-73-107(113)91(45-37-29-21-13-5)69-99(87)79-49-57-83(58-50-79)103-77-104(84-59-51-80(52-60-84)100-70-92(46-38-30-22-14-6)108(114)74-88(100)42-34-26-18-10-2)96-67-68-98-106(86-63-55-82(56-64-86)102-72-94(48-40-32-24-16-8)110(116)76-90(102)44-36-28-20-12-4)78-105(97-66-65-95(103)111(96)112(97)98)85-61-53-81(54-62-85)101-71-93(47-39-31-23-15-7)109(115)75-89(101)43-35-27-19-11-3/h49-78H,9-48H2,1-8H3. The molecule has 12 aromatic rings. The highest BCUT2D eigenvalue weighted by Crippen LogP contribution is 2.50. The van der Waals surface area contributed by atoms with Gasteiger partial charge in [0.1, 0.15) is 0 Å². The Morgan fingerprint density at radius 3 is 0.474 bits per heavy atom. The summed E-state index contributed by atoms with van der Waals surface area (Å²) in [6.07, 6.45) is 49.6. The molecule has 12 aromatic carbocycles. The highest BCUT2D eigenvalue weighted by atomic mass is 127. The van der Waals surface area contributed by atoms with Crippen molar-refractivity contribution in [1.82, 2.24) is 0 Å². The van der Waals surface area contributed by atoms with Gasteiger partial charge in [0.25, 0.3) is 0 Å². The van der Waals surface area contributed by atoms with E-state index in [2.05, 4.69) is 328 Å². The lowest BCUT2D eigenvalue weighted by Crippen LogP contribution is -1.99. The van der Waals surface area contributed by atoms with Gasteiger partial charge in [-0.2, -0.15) is 0 Å². The lowest BCUT2D eigenvalue weighted by atomic mass is 9.81. The van der Waals surface area contributed by atoms with Crippen LogP contribution in [-0.2, 0) is 51.4 Å². The van der Waals surface area contributed by atoms with Crippen LogP contribution in [0.25, 0.3) is 121 Å². The Bertz CT molecular complexity index is 4440. The Kier molecular flexibility index (Phi) is 36.1. The Hall–Kier alpha value is -5.40. The van der Waals surface area contributed by atoms with Crippen LogP contribution in [0.15, 0.2) is 182 Å². The van der Waals surface area contributed by atoms with Gasteiger partial charge >= 0.3 is 0 Å². The predicted molar refractivity (Wildman–Crippen MR) is 547 cm³/mol. The number of halogens is 4. The van der Waals surface area contributed by atoms with E-state index in [9.17, 15) is 0 Å². The summed E-state index contributed by atoms with van der Waals surface area (Å²) in [7, 11) is 0. The van der Waals surface area contributed by atoms with Gasteiger partial charge in [0.15, 0.2) is 0 Å². The van der Waals surface area contributed by atoms with Crippen molar-refractivity contribution >= 4 is 123 Å². The average Bonchev–Trinajstić information content (AvgIpc) is 0.706. The molecule has 0 aliphatic rings. The first kappa shape index (κ1) is 89.8. The van der Waals surface area contributed by atoms with Crippen molar-refractivity contribution in [2.45, 2.75) is 312 Å². The van der Waals surface area contributed by atoms with Gasteiger partial charge in [0.2, 0.25) is 0 Å². The van der Waals surface area contributed by atoms with Crippen molar-refractivity contribution in [2.75, 3.05) is 0 Å². The number of unbranched alkanes of at least 4 members (excludes halogenated alkanes) is 24. The van der Waals surface area contributed by atoms with E-state index in [1.807, 2.05) is 0 Å². The van der Waals surface area contributed by atoms with Gasteiger partial charge < -0.3 is 0 Å². The van der Waals surface area contributed by atoms with E-state index in [1.54, 1.807) is 0 Å². The minimum atomic E-state index is 1.11. The second-order valence-electron chi connectivity index (χ2n) is 34.2. The van der Waals surface area contributed by atoms with Crippen molar-refractivity contribution in [1.29, 1.82) is 0 Å². The number of hydrogen-bond acceptors (Lipinski definition) is 0. The van der Waals surface area contributed by atoms with Crippen LogP contribution in [0.3, 0.4) is 0 Å². The maximum absolute atomic E-state index is 2.65. The van der Waals surface area contributed by atoms with Gasteiger partial charge in [-0.05, 0) is 420 Å². The molecular formula is C112H134I4. The monoisotopic (exact) mass is 1990 g/mol. The molecule has 12 rings (SSSR count). The van der Waals surface area contributed by atoms with Gasteiger partial charge in [-0.25, -0.2) is 0 Å². The largest absolute Gasteiger partial charge is 0.0654 e. The fourth-order valence-electron chi connectivity index (χ4n) is 18.5. The summed E-state index contributed by atoms with van der Waals surface area (Å²) in [5.74, 6) is 0. The molecule has 0 saturated heterocycles. The van der Waals surface area contributed by atoms with Crippen LogP contribution < -0.4 is 0 Å². The maximum Gasteiger partial charge on any atom is 0.0165 e. The summed E-state index contributed by atoms with van der Waals surface area (Å²) in [5.41, 5.74) is 33.2. The zero-order valence-electron chi connectivity index (χ0n) is 72.1. The van der Waals surface area contributed by atoms with Crippen LogP contribution in [0.2, 0.25) is 0 Å². The van der Waals surface area contributed by atoms with Crippen LogP contribution in [0.1, 0.15) is 305 Å². The molecule has 610 valence electrons. The number of benzene rings is 12. The predicted octanol–water partition coefficient (Wildman–Crippen LogP) is 37.3. The highest BCUT2D eigenvalue weighted by Gasteiger charge is 2.24. The molecule has 0 nitrogen and oxygen atoms in total. The number of rotatable bonds is 48. The maximum atomic E-state index is 2.65. The zero-order chi connectivity index (χ0) is 81.1. The molecule has 0 bridgehead atoms. The zero-order valence-corrected chi connectivity index (χ0v) is 80.7. The molecule has 0 N–H and O–H groups in total. The third-order valence-electron chi connectivity index (χ3n) is 25.4. The molecule has 0 aliphatic heterocycles. The van der Waals surface area contributed by atoms with E-state index in [-0.39, 0.29) is 0 Å². The molecule has 4 heteroatoms. The first-order valence-corrected chi connectivity index (χ1v) is 50.7. The van der Waals surface area contributed by atoms with Gasteiger partial charge in [0.05, 0.1) is 0 Å². The van der Waals surface area contributed by atoms with Crippen molar-refractivity contribution in [3.05, 3.63) is 241 Å². The van der Waals surface area contributed by atoms with E-state index >= 15 is 0 Å². The summed E-state index contributed by atoms with van der Waals surface area (Å²) in [6.45, 7) is 18.6. The molecule has 116 heavy (non-hydrogen) atoms. The van der Waals surface area contributed by atoms with E-state index in [1.165, 1.54) is 386 Å². The van der Waals surface area contributed by atoms with E-state index < -0.39 is 0 Å². The molecule has 0 heterocycles. The minimum Gasteiger partial charge on any atom is -0.0654 e. The molecule has 0 aromatic heterocycles. The van der Waals surface area contributed by atoms with Crippen molar-refractivity contribution in [3.63, 3.8) is 0 Å². The van der Waals surface area contributed by atoms with Gasteiger partial charge in [-0.15, -0.1) is 0 Å². The van der Waals surface area contributed by atoms with Crippen LogP contribution in [0.5, 0.6) is 0 Å². The molecular weight excluding hydrogens is 1850 g/mol. The Morgan fingerprint density at radius 1 is 0.155 bits per heavy atom. The SMILES string of the molecule is CCCCCCc1cc(-c2ccc(-c3cc(-c4ccc(-c5cc(CCCCCC)c(I)cc5CCCCCC)cc4)c4ccc5c(-c6ccc(-c7cc(CCCCCC)c(I)cc7CCCCCC)cc6)cc(-c6ccc(-c7cc(CCCCCC)c(I)cc7CCCCCC)cc6)c6ccc3c4c65)cc2)c(CCCCCC)cc1I. The fraction of sp³-hybridized carbons (Fsp3) is 0.429. The lowest BCUT2D eigenvalue weighted by Gasteiger charge is -2.22. The van der Waals surface area contributed by atoms with Crippen LogP contribution >= 0.6 is 90.4 Å². The normalized spacial score (nSPS) is 11.8. The number of aryl methyl sites for hydroxylation is 8. The Morgan fingerprint density at radius 2 is 0.310 bits per heavy atom. The second-order valence-corrected chi connectivity index (χ2v) is 38.9. The lowest BCUT2D eigenvalue weighted by molar-refractivity contribution is 0.663. The molecule has 0 saturated carbocycles. The second kappa shape index (κ2) is 46.6.